The van der Waals surface area contributed by atoms with E-state index in [1.807, 2.05) is 0 Å². The molecule has 6 aromatic carbocycles. The molecule has 0 N–H and O–H groups in total. The number of unbranched alkanes of at least 4 members (excludes halogenated alkanes) is 25. The molecule has 0 saturated heterocycles. The predicted molar refractivity (Wildman–Crippen MR) is 471 cm³/mol. The Hall–Kier alpha value is -6.12. The third-order valence-corrected chi connectivity index (χ3v) is 21.7. The van der Waals surface area contributed by atoms with Crippen LogP contribution in [-0.4, -0.2) is 14.1 Å². The van der Waals surface area contributed by atoms with Crippen LogP contribution in [0, 0.1) is 14.9 Å². The first kappa shape index (κ1) is 98.1. The Morgan fingerprint density at radius 3 is 0.618 bits per heavy atom. The maximum Gasteiger partial charge on any atom is 2.00 e. The molecule has 6 aromatic rings. The Bertz CT molecular complexity index is 3680. The Balaban J connectivity index is 0.000000420. The van der Waals surface area contributed by atoms with Gasteiger partial charge in [0.1, 0.15) is 0 Å². The molecule has 3 heterocycles. The Labute approximate surface area is 701 Å². The third-order valence-electron chi connectivity index (χ3n) is 21.7. The maximum absolute atomic E-state index is 11.5. The molecular weight excluding hydrogens is 1520 g/mol. The van der Waals surface area contributed by atoms with Crippen LogP contribution in [0.15, 0.2) is 181 Å². The molecule has 110 heavy (non-hydrogen) atoms. The summed E-state index contributed by atoms with van der Waals surface area (Å²) in [6.45, 7) is 20.3. The number of rotatable bonds is 49. The zero-order valence-electron chi connectivity index (χ0n) is 70.8. The number of hydrogen-bond acceptors (Lipinski definition) is 0. The fraction of sp³-hybridized carbons (Fsp3) is 0.510. The molecule has 3 aliphatic heterocycles. The van der Waals surface area contributed by atoms with Gasteiger partial charge in [-0.3, -0.25) is 0 Å². The number of benzene rings is 6. The standard InChI is InChI=1S/2C34H48N2.C32H44N2.2CH3.2Pd/c2*1-4-7-10-12-13-15-19-29-21-17-24-31(26-29)34-32(22-9-6-3)27-33(36(34)35)30-23-16-20-28(25-30)18-14-11-8-5-2;1-4-7-10-11-12-13-17-27-19-15-22-29(24-27)32-30(20-9-6-3)25-31(34(32)33)28-21-14-18-26(23-28)16-8-5-2;;;;/h2*16-17,20-21,23-27H,4-15,18-19,22H2,1-3H3;14-15,18-19,21-25H,4-13,16-17,20H2,1-3H3;2*1H3;;/q;;;2*-1;;+2. The van der Waals surface area contributed by atoms with Crippen molar-refractivity contribution in [2.24, 2.45) is 0 Å². The summed E-state index contributed by atoms with van der Waals surface area (Å²) in [6, 6.07) is 52.9. The molecule has 9 rings (SSSR count). The first-order chi connectivity index (χ1) is 52.0. The van der Waals surface area contributed by atoms with Crippen molar-refractivity contribution in [2.75, 3.05) is 0 Å². The summed E-state index contributed by atoms with van der Waals surface area (Å²) in [6.07, 6.45) is 59.4. The van der Waals surface area contributed by atoms with Crippen LogP contribution >= 0.6 is 0 Å². The van der Waals surface area contributed by atoms with Crippen LogP contribution in [0.3, 0.4) is 0 Å². The predicted octanol–water partition coefficient (Wildman–Crippen LogP) is 32.2. The monoisotopic (exact) mass is 1670 g/mol. The molecular formula is C102H146N6Pd2. The van der Waals surface area contributed by atoms with Crippen molar-refractivity contribution in [2.45, 2.75) is 338 Å². The summed E-state index contributed by atoms with van der Waals surface area (Å²) >= 11 is 0. The Morgan fingerprint density at radius 2 is 0.391 bits per heavy atom. The molecule has 6 nitrogen and oxygen atoms in total. The van der Waals surface area contributed by atoms with Crippen LogP contribution in [0.5, 0.6) is 0 Å². The molecule has 604 valence electrons. The van der Waals surface area contributed by atoms with Crippen molar-refractivity contribution in [3.63, 3.8) is 0 Å². The summed E-state index contributed by atoms with van der Waals surface area (Å²) in [5.41, 5.74) is 58.6. The van der Waals surface area contributed by atoms with Gasteiger partial charge in [0.25, 0.3) is 0 Å². The minimum absolute atomic E-state index is 0. The number of hydrogen-bond donors (Lipinski definition) is 0. The largest absolute Gasteiger partial charge is 2.00 e. The smallest absolute Gasteiger partial charge is 0.493 e. The van der Waals surface area contributed by atoms with Crippen LogP contribution in [-0.2, 0) is 79.4 Å². The molecule has 0 aromatic heterocycles. The van der Waals surface area contributed by atoms with Crippen molar-refractivity contribution >= 4 is 34.2 Å². The topological polar surface area (TPSA) is 75.9 Å². The van der Waals surface area contributed by atoms with E-state index in [4.69, 9.17) is 0 Å². The van der Waals surface area contributed by atoms with Gasteiger partial charge in [-0.15, -0.1) is 0 Å². The summed E-state index contributed by atoms with van der Waals surface area (Å²) in [5, 5.41) is 0. The minimum Gasteiger partial charge on any atom is -0.493 e. The van der Waals surface area contributed by atoms with E-state index in [1.54, 1.807) is 0 Å². The summed E-state index contributed by atoms with van der Waals surface area (Å²) in [5.74, 6) is 0. The van der Waals surface area contributed by atoms with E-state index >= 15 is 0 Å². The van der Waals surface area contributed by atoms with E-state index in [1.165, 1.54) is 244 Å². The number of nitrogens with zero attached hydrogens (tertiary/aromatic N) is 6. The first-order valence-corrected chi connectivity index (χ1v) is 43.4. The van der Waals surface area contributed by atoms with Crippen LogP contribution in [0.4, 0.5) is 0 Å². The SMILES string of the molecule is CCCCCCCCc1cccc(C2=C(CCCC)C=C(c3cccc(CCCC)c3)[N+]2=[N-])c1.CCCCCCCCc1cccc(C2=C(CCCC)C=C(c3cccc(CCCCCC)c3)[N+]2=[N-])c1.CCCCCCCCc1cccc(C2=C(CCCC)C=C(c3cccc(CCCCCC)c3)[N+]2=[N-])c1.[CH3-].[CH3-].[Pd+2].[Pd]. The van der Waals surface area contributed by atoms with Crippen LogP contribution in [0.2, 0.25) is 0 Å². The average Bonchev–Trinajstić information content (AvgIpc) is 1.65. The molecule has 0 saturated carbocycles. The van der Waals surface area contributed by atoms with Crippen molar-refractivity contribution in [3.05, 3.63) is 279 Å². The maximum atomic E-state index is 11.5. The van der Waals surface area contributed by atoms with Crippen molar-refractivity contribution < 1.29 is 54.9 Å². The van der Waals surface area contributed by atoms with Gasteiger partial charge in [0, 0.05) is 88.8 Å². The van der Waals surface area contributed by atoms with Gasteiger partial charge in [-0.05, 0) is 222 Å². The normalized spacial score (nSPS) is 13.1. The number of aryl methyl sites for hydroxylation is 6. The first-order valence-electron chi connectivity index (χ1n) is 43.4. The van der Waals surface area contributed by atoms with E-state index in [-0.39, 0.29) is 55.7 Å². The minimum atomic E-state index is 0. The zero-order valence-corrected chi connectivity index (χ0v) is 73.9. The third kappa shape index (κ3) is 32.8. The molecule has 0 amide bonds. The van der Waals surface area contributed by atoms with Gasteiger partial charge in [-0.25, -0.2) is 14.1 Å². The van der Waals surface area contributed by atoms with E-state index in [0.717, 1.165) is 164 Å². The molecule has 3 aliphatic rings. The fourth-order valence-electron chi connectivity index (χ4n) is 15.4. The van der Waals surface area contributed by atoms with Crippen molar-refractivity contribution in [1.29, 1.82) is 0 Å². The zero-order chi connectivity index (χ0) is 75.4. The van der Waals surface area contributed by atoms with E-state index in [9.17, 15) is 16.6 Å². The van der Waals surface area contributed by atoms with Crippen molar-refractivity contribution in [3.8, 4) is 0 Å². The van der Waals surface area contributed by atoms with E-state index in [0.29, 0.717) is 0 Å². The fourth-order valence-corrected chi connectivity index (χ4v) is 15.4. The van der Waals surface area contributed by atoms with Gasteiger partial charge in [0.15, 0.2) is 0 Å². The van der Waals surface area contributed by atoms with Gasteiger partial charge < -0.3 is 31.4 Å². The molecule has 0 unspecified atom stereocenters. The van der Waals surface area contributed by atoms with Gasteiger partial charge in [-0.1, -0.05) is 296 Å². The van der Waals surface area contributed by atoms with Gasteiger partial charge >= 0.3 is 20.4 Å². The summed E-state index contributed by atoms with van der Waals surface area (Å²) in [4.78, 5) is 0. The number of allylic oxidation sites excluding steroid dienone is 6. The van der Waals surface area contributed by atoms with Gasteiger partial charge in [0.05, 0.1) is 0 Å². The molecule has 0 spiro atoms. The molecule has 0 bridgehead atoms. The summed E-state index contributed by atoms with van der Waals surface area (Å²) in [7, 11) is 0. The quantitative estimate of drug-likeness (QED) is 0.0158. The van der Waals surface area contributed by atoms with Crippen LogP contribution < -0.4 is 0 Å². The van der Waals surface area contributed by atoms with Crippen molar-refractivity contribution in [1.82, 2.24) is 0 Å². The Morgan fingerprint density at radius 1 is 0.218 bits per heavy atom. The molecule has 0 aliphatic carbocycles. The van der Waals surface area contributed by atoms with Crippen LogP contribution in [0.25, 0.3) is 50.8 Å². The van der Waals surface area contributed by atoms with Gasteiger partial charge in [0.2, 0.25) is 34.2 Å². The molecule has 0 radical (unpaired) electrons. The second-order valence-corrected chi connectivity index (χ2v) is 30.9. The Kier molecular flexibility index (Phi) is 51.6. The summed E-state index contributed by atoms with van der Waals surface area (Å²) < 4.78 is 4.38. The second-order valence-electron chi connectivity index (χ2n) is 30.9. The average molecular weight is 1670 g/mol. The van der Waals surface area contributed by atoms with E-state index in [2.05, 4.69) is 226 Å². The second kappa shape index (κ2) is 57.8. The van der Waals surface area contributed by atoms with E-state index < -0.39 is 0 Å². The molecule has 8 heteroatoms. The molecule has 0 atom stereocenters. The molecule has 0 fully saturated rings. The van der Waals surface area contributed by atoms with Crippen LogP contribution in [0.1, 0.15) is 367 Å². The van der Waals surface area contributed by atoms with Gasteiger partial charge in [-0.2, -0.15) is 0 Å².